The van der Waals surface area contributed by atoms with Gasteiger partial charge in [0.25, 0.3) is 5.69 Å². The topological polar surface area (TPSA) is 92.5 Å². The van der Waals surface area contributed by atoms with Gasteiger partial charge in [-0.2, -0.15) is 0 Å². The quantitative estimate of drug-likeness (QED) is 0.652. The molecule has 0 saturated heterocycles. The second-order valence-electron chi connectivity index (χ2n) is 4.19. The molecule has 104 valence electrons. The minimum Gasteiger partial charge on any atom is -0.479 e. The maximum absolute atomic E-state index is 11.3. The summed E-state index contributed by atoms with van der Waals surface area (Å²) in [5.74, 6) is -0.995. The van der Waals surface area contributed by atoms with Gasteiger partial charge in [-0.15, -0.1) is 11.3 Å². The Labute approximate surface area is 118 Å². The second kappa shape index (κ2) is 5.70. The monoisotopic (exact) mass is 292 g/mol. The van der Waals surface area contributed by atoms with Crippen LogP contribution in [-0.4, -0.2) is 16.0 Å². The summed E-state index contributed by atoms with van der Waals surface area (Å²) in [7, 11) is 0. The molecule has 2 aromatic rings. The van der Waals surface area contributed by atoms with Crippen LogP contribution in [0.5, 0.6) is 0 Å². The minimum absolute atomic E-state index is 0.0175. The number of benzene rings is 1. The van der Waals surface area contributed by atoms with Crippen molar-refractivity contribution >= 4 is 28.7 Å². The SMILES string of the molecule is Cc1cc([N+](=O)[O-])ccc1NC(C(=O)O)c1cccs1. The predicted molar refractivity (Wildman–Crippen MR) is 76.2 cm³/mol. The Balaban J connectivity index is 2.28. The fourth-order valence-electron chi connectivity index (χ4n) is 1.79. The molecule has 0 fully saturated rings. The first-order valence-corrected chi connectivity index (χ1v) is 6.65. The Morgan fingerprint density at radius 2 is 2.20 bits per heavy atom. The highest BCUT2D eigenvalue weighted by atomic mass is 32.1. The zero-order valence-corrected chi connectivity index (χ0v) is 11.4. The van der Waals surface area contributed by atoms with Gasteiger partial charge >= 0.3 is 5.97 Å². The summed E-state index contributed by atoms with van der Waals surface area (Å²) in [6.07, 6.45) is 0. The van der Waals surface area contributed by atoms with Crippen LogP contribution in [0.4, 0.5) is 11.4 Å². The molecule has 0 bridgehead atoms. The minimum atomic E-state index is -0.995. The number of thiophene rings is 1. The van der Waals surface area contributed by atoms with E-state index in [1.54, 1.807) is 24.4 Å². The van der Waals surface area contributed by atoms with Crippen LogP contribution in [0.1, 0.15) is 16.5 Å². The van der Waals surface area contributed by atoms with Crippen molar-refractivity contribution in [2.75, 3.05) is 5.32 Å². The van der Waals surface area contributed by atoms with Crippen LogP contribution in [0.3, 0.4) is 0 Å². The van der Waals surface area contributed by atoms with Crippen LogP contribution < -0.4 is 5.32 Å². The number of carbonyl (C=O) groups is 1. The summed E-state index contributed by atoms with van der Waals surface area (Å²) in [4.78, 5) is 22.2. The third-order valence-corrected chi connectivity index (χ3v) is 3.73. The third-order valence-electron chi connectivity index (χ3n) is 2.80. The maximum Gasteiger partial charge on any atom is 0.331 e. The highest BCUT2D eigenvalue weighted by Crippen LogP contribution is 2.27. The lowest BCUT2D eigenvalue weighted by Crippen LogP contribution is -2.19. The average Bonchev–Trinajstić information content (AvgIpc) is 2.90. The van der Waals surface area contributed by atoms with Crippen LogP contribution in [0.15, 0.2) is 35.7 Å². The van der Waals surface area contributed by atoms with Crippen LogP contribution in [0, 0.1) is 17.0 Å². The first kappa shape index (κ1) is 14.0. The molecule has 1 unspecified atom stereocenters. The number of carboxylic acids is 1. The van der Waals surface area contributed by atoms with E-state index in [1.165, 1.54) is 29.5 Å². The van der Waals surface area contributed by atoms with Crippen molar-refractivity contribution in [2.24, 2.45) is 0 Å². The summed E-state index contributed by atoms with van der Waals surface area (Å²) in [6, 6.07) is 6.93. The third kappa shape index (κ3) is 2.94. The lowest BCUT2D eigenvalue weighted by molar-refractivity contribution is -0.384. The van der Waals surface area contributed by atoms with Gasteiger partial charge in [0.15, 0.2) is 6.04 Å². The molecule has 6 nitrogen and oxygen atoms in total. The van der Waals surface area contributed by atoms with Crippen molar-refractivity contribution in [1.82, 2.24) is 0 Å². The van der Waals surface area contributed by atoms with E-state index in [0.717, 1.165) is 0 Å². The number of aryl methyl sites for hydroxylation is 1. The molecule has 1 atom stereocenters. The number of hydrogen-bond acceptors (Lipinski definition) is 5. The lowest BCUT2D eigenvalue weighted by Gasteiger charge is -2.16. The predicted octanol–water partition coefficient (Wildman–Crippen LogP) is 3.20. The number of aliphatic carboxylic acids is 1. The van der Waals surface area contributed by atoms with Crippen LogP contribution in [-0.2, 0) is 4.79 Å². The van der Waals surface area contributed by atoms with Gasteiger partial charge in [0, 0.05) is 22.7 Å². The normalized spacial score (nSPS) is 11.8. The van der Waals surface area contributed by atoms with Crippen LogP contribution >= 0.6 is 11.3 Å². The molecule has 0 radical (unpaired) electrons. The fraction of sp³-hybridized carbons (Fsp3) is 0.154. The van der Waals surface area contributed by atoms with E-state index in [-0.39, 0.29) is 5.69 Å². The van der Waals surface area contributed by atoms with Crippen molar-refractivity contribution in [3.63, 3.8) is 0 Å². The molecule has 0 aliphatic rings. The summed E-state index contributed by atoms with van der Waals surface area (Å²) >= 11 is 1.34. The zero-order chi connectivity index (χ0) is 14.7. The molecule has 0 aliphatic carbocycles. The highest BCUT2D eigenvalue weighted by Gasteiger charge is 2.21. The number of nitro benzene ring substituents is 1. The zero-order valence-electron chi connectivity index (χ0n) is 10.6. The van der Waals surface area contributed by atoms with Gasteiger partial charge < -0.3 is 10.4 Å². The van der Waals surface area contributed by atoms with Gasteiger partial charge in [0.2, 0.25) is 0 Å². The Bertz CT molecular complexity index is 640. The summed E-state index contributed by atoms with van der Waals surface area (Å²) < 4.78 is 0. The Morgan fingerprint density at radius 1 is 1.45 bits per heavy atom. The Hall–Kier alpha value is -2.41. The molecule has 7 heteroatoms. The standard InChI is InChI=1S/C13H12N2O4S/c1-8-7-9(15(18)19)4-5-10(8)14-12(13(16)17)11-3-2-6-20-11/h2-7,12,14H,1H3,(H,16,17). The number of anilines is 1. The fourth-order valence-corrected chi connectivity index (χ4v) is 2.56. The summed E-state index contributed by atoms with van der Waals surface area (Å²) in [5.41, 5.74) is 1.18. The van der Waals surface area contributed by atoms with E-state index < -0.39 is 16.9 Å². The summed E-state index contributed by atoms with van der Waals surface area (Å²) in [5, 5.41) is 24.7. The average molecular weight is 292 g/mol. The van der Waals surface area contributed by atoms with E-state index in [2.05, 4.69) is 5.32 Å². The highest BCUT2D eigenvalue weighted by molar-refractivity contribution is 7.10. The maximum atomic E-state index is 11.3. The summed E-state index contributed by atoms with van der Waals surface area (Å²) in [6.45, 7) is 1.70. The van der Waals surface area contributed by atoms with E-state index in [9.17, 15) is 20.0 Å². The van der Waals surface area contributed by atoms with Crippen molar-refractivity contribution in [1.29, 1.82) is 0 Å². The van der Waals surface area contributed by atoms with Crippen LogP contribution in [0.2, 0.25) is 0 Å². The van der Waals surface area contributed by atoms with Crippen LogP contribution in [0.25, 0.3) is 0 Å². The van der Waals surface area contributed by atoms with Gasteiger partial charge in [-0.3, -0.25) is 10.1 Å². The van der Waals surface area contributed by atoms with Crippen molar-refractivity contribution in [2.45, 2.75) is 13.0 Å². The first-order chi connectivity index (χ1) is 9.49. The van der Waals surface area contributed by atoms with Gasteiger partial charge in [0.1, 0.15) is 0 Å². The molecule has 0 aliphatic heterocycles. The molecule has 0 spiro atoms. The van der Waals surface area contributed by atoms with Gasteiger partial charge in [-0.1, -0.05) is 6.07 Å². The Morgan fingerprint density at radius 3 is 2.70 bits per heavy atom. The van der Waals surface area contributed by atoms with E-state index in [1.807, 2.05) is 0 Å². The van der Waals surface area contributed by atoms with E-state index >= 15 is 0 Å². The molecule has 1 aromatic heterocycles. The van der Waals surface area contributed by atoms with Gasteiger partial charge in [0.05, 0.1) is 4.92 Å². The number of hydrogen-bond donors (Lipinski definition) is 2. The smallest absolute Gasteiger partial charge is 0.331 e. The second-order valence-corrected chi connectivity index (χ2v) is 5.17. The molecular weight excluding hydrogens is 280 g/mol. The number of carboxylic acid groups (broad SMARTS) is 1. The molecule has 0 amide bonds. The van der Waals surface area contributed by atoms with Gasteiger partial charge in [-0.05, 0) is 30.0 Å². The van der Waals surface area contributed by atoms with Crippen molar-refractivity contribution < 1.29 is 14.8 Å². The number of rotatable bonds is 5. The number of nitrogens with zero attached hydrogens (tertiary/aromatic N) is 1. The number of non-ortho nitro benzene ring substituents is 1. The van der Waals surface area contributed by atoms with Crippen molar-refractivity contribution in [3.8, 4) is 0 Å². The first-order valence-electron chi connectivity index (χ1n) is 5.77. The van der Waals surface area contributed by atoms with Crippen molar-refractivity contribution in [3.05, 3.63) is 56.3 Å². The largest absolute Gasteiger partial charge is 0.479 e. The van der Waals surface area contributed by atoms with Gasteiger partial charge in [-0.25, -0.2) is 4.79 Å². The molecule has 2 rings (SSSR count). The molecule has 20 heavy (non-hydrogen) atoms. The number of nitrogens with one attached hydrogen (secondary N) is 1. The molecule has 1 aromatic carbocycles. The molecule has 0 saturated carbocycles. The molecule has 1 heterocycles. The lowest BCUT2D eigenvalue weighted by atomic mass is 10.1. The van der Waals surface area contributed by atoms with E-state index in [4.69, 9.17) is 0 Å². The molecule has 2 N–H and O–H groups in total. The molecular formula is C13H12N2O4S. The Kier molecular flexibility index (Phi) is 3.99. The number of nitro groups is 1. The van der Waals surface area contributed by atoms with E-state index in [0.29, 0.717) is 16.1 Å².